The molecule has 3 aromatic carbocycles. The topological polar surface area (TPSA) is 193 Å². The highest BCUT2D eigenvalue weighted by atomic mass is 32.2. The zero-order valence-electron chi connectivity index (χ0n) is 41.7. The van der Waals surface area contributed by atoms with Crippen molar-refractivity contribution in [1.82, 2.24) is 24.9 Å². The molecule has 1 fully saturated rings. The smallest absolute Gasteiger partial charge is 0.406 e. The number of fused-ring (bicyclic) bond motifs is 1. The lowest BCUT2D eigenvalue weighted by Crippen LogP contribution is -2.46. The molecule has 3 aromatic heterocycles. The van der Waals surface area contributed by atoms with Crippen LogP contribution >= 0.6 is 0 Å². The zero-order chi connectivity index (χ0) is 52.8. The number of methoxy groups -OCH3 is 2. The second-order valence-corrected chi connectivity index (χ2v) is 19.6. The SMILES string of the molecule is COc1cc(S(=O)(=O)CCOCCOCCNC(=O)COc2cccc(CNc3cc(-c4c(C)noc4C)cnc3OC)c2)ccc1NCC#Cc1cc2c(N[C@@H]3CCN(C)C[C@@H]3F)cccc2n1CC(F)(F)F. The van der Waals surface area contributed by atoms with Gasteiger partial charge in [0, 0.05) is 60.6 Å². The Labute approximate surface area is 427 Å². The van der Waals surface area contributed by atoms with E-state index in [1.165, 1.54) is 25.3 Å². The number of carbonyl (C=O) groups excluding carboxylic acids is 1. The van der Waals surface area contributed by atoms with Gasteiger partial charge in [0.15, 0.2) is 16.4 Å². The minimum Gasteiger partial charge on any atom is -0.495 e. The summed E-state index contributed by atoms with van der Waals surface area (Å²) in [6.45, 7) is 4.19. The number of aryl methyl sites for hydroxylation is 2. The van der Waals surface area contributed by atoms with Crippen molar-refractivity contribution < 1.29 is 59.0 Å². The fraction of sp³-hybridized carbons (Fsp3) is 0.404. The van der Waals surface area contributed by atoms with E-state index in [0.717, 1.165) is 27.0 Å². The lowest BCUT2D eigenvalue weighted by molar-refractivity contribution is -0.140. The Morgan fingerprint density at radius 3 is 2.47 bits per heavy atom. The standard InChI is InChI=1S/C52H60F4N8O9S/c1-34-50(35(2)73-62-34)37-26-46(51(69-5)60-30-37)59-29-36-9-6-11-39(25-36)72-32-49(65)58-18-20-70-21-22-71-23-24-74(66,67)40-14-15-45(48(28-40)68-4)57-17-8-10-38-27-41-43(61-44-16-19-63(3)31-42(44)53)12-7-13-47(41)64(38)33-52(54,55)56/h6-7,9,11-15,25-28,30,42,44,57,59,61H,16-24,29,31-33H2,1-5H3,(H,58,65)/t42-,44+/m0/s1. The molecule has 0 aliphatic carbocycles. The number of piperidine rings is 1. The molecule has 0 radical (unpaired) electrons. The van der Waals surface area contributed by atoms with Crippen LogP contribution in [0, 0.1) is 25.7 Å². The molecule has 0 unspecified atom stereocenters. The molecule has 17 nitrogen and oxygen atoms in total. The minimum atomic E-state index is -4.53. The van der Waals surface area contributed by atoms with E-state index in [2.05, 4.69) is 43.2 Å². The fourth-order valence-corrected chi connectivity index (χ4v) is 9.49. The van der Waals surface area contributed by atoms with E-state index in [-0.39, 0.29) is 80.7 Å². The summed E-state index contributed by atoms with van der Waals surface area (Å²) in [6.07, 6.45) is -3.42. The molecular formula is C52H60F4N8O9S. The number of nitrogens with zero attached hydrogens (tertiary/aromatic N) is 4. The molecule has 0 spiro atoms. The fourth-order valence-electron chi connectivity index (χ4n) is 8.35. The van der Waals surface area contributed by atoms with Crippen LogP contribution < -0.4 is 35.5 Å². The monoisotopic (exact) mass is 1050 g/mol. The Morgan fingerprint density at radius 2 is 1.73 bits per heavy atom. The predicted molar refractivity (Wildman–Crippen MR) is 272 cm³/mol. The minimum absolute atomic E-state index is 0.00155. The van der Waals surface area contributed by atoms with Crippen molar-refractivity contribution in [3.8, 4) is 40.3 Å². The van der Waals surface area contributed by atoms with Gasteiger partial charge in [0.05, 0.1) is 92.2 Å². The molecule has 4 heterocycles. The van der Waals surface area contributed by atoms with E-state index < -0.39 is 34.8 Å². The first-order chi connectivity index (χ1) is 35.5. The Balaban J connectivity index is 0.802. The van der Waals surface area contributed by atoms with E-state index in [4.69, 9.17) is 28.2 Å². The number of hydrogen-bond donors (Lipinski definition) is 4. The van der Waals surface area contributed by atoms with E-state index in [1.807, 2.05) is 50.1 Å². The summed E-state index contributed by atoms with van der Waals surface area (Å²) >= 11 is 0. The maximum absolute atomic E-state index is 14.9. The number of benzene rings is 3. The van der Waals surface area contributed by atoms with Crippen LogP contribution in [0.2, 0.25) is 0 Å². The van der Waals surface area contributed by atoms with Gasteiger partial charge in [-0.3, -0.25) is 4.79 Å². The van der Waals surface area contributed by atoms with E-state index in [1.54, 1.807) is 43.6 Å². The van der Waals surface area contributed by atoms with Crippen molar-refractivity contribution >= 4 is 43.7 Å². The van der Waals surface area contributed by atoms with Crippen LogP contribution in [-0.4, -0.2) is 139 Å². The van der Waals surface area contributed by atoms with Crippen molar-refractivity contribution in [3.05, 3.63) is 102 Å². The average molecular weight is 1050 g/mol. The van der Waals surface area contributed by atoms with Gasteiger partial charge < -0.3 is 58.9 Å². The Morgan fingerprint density at radius 1 is 0.932 bits per heavy atom. The number of hydrogen-bond acceptors (Lipinski definition) is 15. The van der Waals surface area contributed by atoms with Gasteiger partial charge in [-0.15, -0.1) is 0 Å². The number of halogens is 4. The van der Waals surface area contributed by atoms with E-state index in [9.17, 15) is 30.8 Å². The lowest BCUT2D eigenvalue weighted by atomic mass is 10.0. The largest absolute Gasteiger partial charge is 0.495 e. The van der Waals surface area contributed by atoms with Crippen LogP contribution in [0.25, 0.3) is 22.0 Å². The van der Waals surface area contributed by atoms with Crippen molar-refractivity contribution in [2.45, 2.75) is 56.6 Å². The second kappa shape index (κ2) is 25.3. The van der Waals surface area contributed by atoms with Crippen molar-refractivity contribution in [2.75, 3.05) is 102 Å². The second-order valence-electron chi connectivity index (χ2n) is 17.5. The molecular weight excluding hydrogens is 989 g/mol. The number of carbonyl (C=O) groups is 1. The van der Waals surface area contributed by atoms with Gasteiger partial charge in [-0.25, -0.2) is 17.8 Å². The summed E-state index contributed by atoms with van der Waals surface area (Å²) < 4.78 is 117. The van der Waals surface area contributed by atoms with Gasteiger partial charge in [-0.2, -0.15) is 13.2 Å². The maximum atomic E-state index is 14.9. The average Bonchev–Trinajstić information content (AvgIpc) is 3.90. The number of nitrogens with one attached hydrogen (secondary N) is 4. The number of amides is 1. The van der Waals surface area contributed by atoms with Crippen LogP contribution in [0.4, 0.5) is 34.6 Å². The third kappa shape index (κ3) is 14.8. The van der Waals surface area contributed by atoms with Crippen LogP contribution in [-0.2, 0) is 37.2 Å². The van der Waals surface area contributed by atoms with Crippen LogP contribution in [0.15, 0.2) is 88.4 Å². The van der Waals surface area contributed by atoms with Gasteiger partial charge in [0.2, 0.25) is 5.88 Å². The van der Waals surface area contributed by atoms with Crippen molar-refractivity contribution in [1.29, 1.82) is 0 Å². The normalized spacial score (nSPS) is 15.0. The molecule has 4 N–H and O–H groups in total. The Kier molecular flexibility index (Phi) is 18.7. The van der Waals surface area contributed by atoms with Crippen molar-refractivity contribution in [2.24, 2.45) is 0 Å². The summed E-state index contributed by atoms with van der Waals surface area (Å²) in [7, 11) is 0.980. The van der Waals surface area contributed by atoms with Gasteiger partial charge >= 0.3 is 6.18 Å². The highest BCUT2D eigenvalue weighted by molar-refractivity contribution is 7.91. The maximum Gasteiger partial charge on any atom is 0.406 e. The number of rotatable bonds is 24. The summed E-state index contributed by atoms with van der Waals surface area (Å²) in [4.78, 5) is 18.8. The molecule has 22 heteroatoms. The van der Waals surface area contributed by atoms with Gasteiger partial charge in [-0.05, 0) is 87.3 Å². The Hall–Kier alpha value is -7.06. The van der Waals surface area contributed by atoms with Crippen LogP contribution in [0.3, 0.4) is 0 Å². The first-order valence-corrected chi connectivity index (χ1v) is 25.4. The van der Waals surface area contributed by atoms with Gasteiger partial charge in [0.25, 0.3) is 5.91 Å². The number of sulfone groups is 1. The van der Waals surface area contributed by atoms with Crippen molar-refractivity contribution in [3.63, 3.8) is 0 Å². The molecule has 0 saturated carbocycles. The quantitative estimate of drug-likeness (QED) is 0.0266. The molecule has 1 aliphatic heterocycles. The molecule has 1 amide bonds. The third-order valence-electron chi connectivity index (χ3n) is 12.0. The first kappa shape index (κ1) is 54.7. The summed E-state index contributed by atoms with van der Waals surface area (Å²) in [5, 5.41) is 16.9. The molecule has 6 aromatic rings. The third-order valence-corrected chi connectivity index (χ3v) is 13.7. The molecule has 2 atom stereocenters. The van der Waals surface area contributed by atoms with Crippen LogP contribution in [0.1, 0.15) is 29.1 Å². The predicted octanol–water partition coefficient (Wildman–Crippen LogP) is 7.42. The Bertz CT molecular complexity index is 3030. The summed E-state index contributed by atoms with van der Waals surface area (Å²) in [5.74, 6) is 6.90. The number of aromatic nitrogens is 3. The molecule has 1 aliphatic rings. The molecule has 0 bridgehead atoms. The van der Waals surface area contributed by atoms with E-state index >= 15 is 0 Å². The number of likely N-dealkylation sites (tertiary alicyclic amines) is 1. The van der Waals surface area contributed by atoms with Crippen LogP contribution in [0.5, 0.6) is 17.4 Å². The number of pyridine rings is 1. The summed E-state index contributed by atoms with van der Waals surface area (Å²) in [6, 6.07) is 19.6. The molecule has 7 rings (SSSR count). The number of anilines is 3. The lowest BCUT2D eigenvalue weighted by Gasteiger charge is -2.33. The zero-order valence-corrected chi connectivity index (χ0v) is 42.6. The number of ether oxygens (including phenoxy) is 5. The highest BCUT2D eigenvalue weighted by Crippen LogP contribution is 2.34. The van der Waals surface area contributed by atoms with Gasteiger partial charge in [0.1, 0.15) is 30.0 Å². The van der Waals surface area contributed by atoms with E-state index in [0.29, 0.717) is 64.9 Å². The highest BCUT2D eigenvalue weighted by Gasteiger charge is 2.31. The number of alkyl halides is 4. The summed E-state index contributed by atoms with van der Waals surface area (Å²) in [5.41, 5.74) is 5.42. The molecule has 74 heavy (non-hydrogen) atoms. The van der Waals surface area contributed by atoms with Gasteiger partial charge in [-0.1, -0.05) is 29.3 Å². The molecule has 396 valence electrons. The molecule has 1 saturated heterocycles. The first-order valence-electron chi connectivity index (χ1n) is 23.8.